The molecule has 0 atom stereocenters. The second kappa shape index (κ2) is 8.28. The van der Waals surface area contributed by atoms with Gasteiger partial charge in [0.05, 0.1) is 25.5 Å². The Kier molecular flexibility index (Phi) is 6.93. The lowest BCUT2D eigenvalue weighted by molar-refractivity contribution is 0.0640. The summed E-state index contributed by atoms with van der Waals surface area (Å²) in [5.74, 6) is 0.982. The maximum atomic E-state index is 5.50. The normalized spacial score (nSPS) is 11.6. The van der Waals surface area contributed by atoms with Crippen molar-refractivity contribution in [3.05, 3.63) is 24.2 Å². The van der Waals surface area contributed by atoms with Gasteiger partial charge in [-0.05, 0) is 33.0 Å². The van der Waals surface area contributed by atoms with E-state index < -0.39 is 0 Å². The van der Waals surface area contributed by atoms with Gasteiger partial charge in [0.25, 0.3) is 0 Å². The number of rotatable bonds is 9. The van der Waals surface area contributed by atoms with Crippen LogP contribution in [0, 0.1) is 0 Å². The number of hydrogen-bond acceptors (Lipinski definition) is 4. The van der Waals surface area contributed by atoms with Gasteiger partial charge in [0.2, 0.25) is 0 Å². The summed E-state index contributed by atoms with van der Waals surface area (Å²) >= 11 is 0. The molecule has 4 nitrogen and oxygen atoms in total. The van der Waals surface area contributed by atoms with Crippen LogP contribution in [0.15, 0.2) is 22.8 Å². The molecule has 17 heavy (non-hydrogen) atoms. The molecule has 1 N–H and O–H groups in total. The molecule has 1 rings (SSSR count). The molecule has 1 heterocycles. The molecule has 0 bridgehead atoms. The number of likely N-dealkylation sites (N-methyl/N-ethyl adjacent to an activating group) is 1. The van der Waals surface area contributed by atoms with Gasteiger partial charge in [-0.2, -0.15) is 0 Å². The van der Waals surface area contributed by atoms with E-state index in [1.54, 1.807) is 6.26 Å². The summed E-state index contributed by atoms with van der Waals surface area (Å²) in [6, 6.07) is 3.89. The SMILES string of the molecule is CC(C)OCCN(C)CCNCc1ccco1. The molecule has 0 aromatic carbocycles. The van der Waals surface area contributed by atoms with E-state index in [1.165, 1.54) is 0 Å². The third-order valence-electron chi connectivity index (χ3n) is 2.47. The smallest absolute Gasteiger partial charge is 0.117 e. The molecular formula is C13H24N2O2. The van der Waals surface area contributed by atoms with Crippen LogP contribution in [0.25, 0.3) is 0 Å². The lowest BCUT2D eigenvalue weighted by Crippen LogP contribution is -2.31. The highest BCUT2D eigenvalue weighted by atomic mass is 16.5. The molecule has 0 fully saturated rings. The van der Waals surface area contributed by atoms with Crippen LogP contribution in [0.5, 0.6) is 0 Å². The van der Waals surface area contributed by atoms with Gasteiger partial charge in [0, 0.05) is 19.6 Å². The number of nitrogens with one attached hydrogen (secondary N) is 1. The molecule has 1 aromatic heterocycles. The molecule has 0 spiro atoms. The van der Waals surface area contributed by atoms with Gasteiger partial charge in [0.1, 0.15) is 5.76 Å². The third-order valence-corrected chi connectivity index (χ3v) is 2.47. The first-order valence-electron chi connectivity index (χ1n) is 6.21. The fraction of sp³-hybridized carbons (Fsp3) is 0.692. The van der Waals surface area contributed by atoms with E-state index in [4.69, 9.17) is 9.15 Å². The van der Waals surface area contributed by atoms with Crippen molar-refractivity contribution < 1.29 is 9.15 Å². The average Bonchev–Trinajstić information content (AvgIpc) is 2.76. The molecule has 0 aliphatic carbocycles. The highest BCUT2D eigenvalue weighted by molar-refractivity contribution is 4.97. The molecule has 0 aliphatic rings. The van der Waals surface area contributed by atoms with Crippen molar-refractivity contribution in [3.63, 3.8) is 0 Å². The minimum absolute atomic E-state index is 0.320. The van der Waals surface area contributed by atoms with E-state index >= 15 is 0 Å². The molecule has 0 saturated carbocycles. The number of nitrogens with zero attached hydrogens (tertiary/aromatic N) is 1. The monoisotopic (exact) mass is 240 g/mol. The maximum absolute atomic E-state index is 5.50. The Labute approximate surface area is 104 Å². The summed E-state index contributed by atoms with van der Waals surface area (Å²) in [5.41, 5.74) is 0. The topological polar surface area (TPSA) is 37.6 Å². The number of ether oxygens (including phenoxy) is 1. The Balaban J connectivity index is 1.95. The standard InChI is InChI=1S/C13H24N2O2/c1-12(2)16-10-8-15(3)7-6-14-11-13-5-4-9-17-13/h4-5,9,12,14H,6-8,10-11H2,1-3H3. The molecule has 0 aliphatic heterocycles. The van der Waals surface area contributed by atoms with Crippen LogP contribution in [0.4, 0.5) is 0 Å². The van der Waals surface area contributed by atoms with Crippen LogP contribution in [-0.4, -0.2) is 44.3 Å². The van der Waals surface area contributed by atoms with Crippen LogP contribution >= 0.6 is 0 Å². The van der Waals surface area contributed by atoms with Crippen molar-refractivity contribution in [2.75, 3.05) is 33.3 Å². The van der Waals surface area contributed by atoms with Crippen molar-refractivity contribution in [1.82, 2.24) is 10.2 Å². The number of furan rings is 1. The van der Waals surface area contributed by atoms with E-state index in [-0.39, 0.29) is 0 Å². The average molecular weight is 240 g/mol. The first kappa shape index (κ1) is 14.2. The van der Waals surface area contributed by atoms with Gasteiger partial charge in [0.15, 0.2) is 0 Å². The van der Waals surface area contributed by atoms with E-state index in [1.807, 2.05) is 12.1 Å². The minimum atomic E-state index is 0.320. The molecule has 0 amide bonds. The van der Waals surface area contributed by atoms with Gasteiger partial charge in [-0.1, -0.05) is 0 Å². The molecule has 0 radical (unpaired) electrons. The predicted molar refractivity (Wildman–Crippen MR) is 69.0 cm³/mol. The fourth-order valence-corrected chi connectivity index (χ4v) is 1.45. The summed E-state index contributed by atoms with van der Waals surface area (Å²) in [7, 11) is 2.11. The fourth-order valence-electron chi connectivity index (χ4n) is 1.45. The quantitative estimate of drug-likeness (QED) is 0.667. The van der Waals surface area contributed by atoms with E-state index in [0.717, 1.165) is 38.5 Å². The van der Waals surface area contributed by atoms with Crippen molar-refractivity contribution in [3.8, 4) is 0 Å². The van der Waals surface area contributed by atoms with Crippen molar-refractivity contribution >= 4 is 0 Å². The molecular weight excluding hydrogens is 216 g/mol. The Morgan fingerprint density at radius 3 is 2.88 bits per heavy atom. The second-order valence-electron chi connectivity index (χ2n) is 4.48. The van der Waals surface area contributed by atoms with Gasteiger partial charge in [-0.25, -0.2) is 0 Å². The molecule has 98 valence electrons. The third kappa shape index (κ3) is 7.15. The van der Waals surface area contributed by atoms with E-state index in [0.29, 0.717) is 6.10 Å². The van der Waals surface area contributed by atoms with Gasteiger partial charge < -0.3 is 19.4 Å². The Bertz CT molecular complexity index is 273. The molecule has 4 heteroatoms. The van der Waals surface area contributed by atoms with Crippen molar-refractivity contribution in [2.45, 2.75) is 26.5 Å². The van der Waals surface area contributed by atoms with Gasteiger partial charge in [-0.15, -0.1) is 0 Å². The Hall–Kier alpha value is -0.840. The predicted octanol–water partition coefficient (Wildman–Crippen LogP) is 1.73. The largest absolute Gasteiger partial charge is 0.468 e. The zero-order chi connectivity index (χ0) is 12.5. The molecule has 1 aromatic rings. The van der Waals surface area contributed by atoms with Gasteiger partial charge >= 0.3 is 0 Å². The Morgan fingerprint density at radius 1 is 1.41 bits per heavy atom. The maximum Gasteiger partial charge on any atom is 0.117 e. The summed E-state index contributed by atoms with van der Waals surface area (Å²) in [6.45, 7) is 8.66. The minimum Gasteiger partial charge on any atom is -0.468 e. The van der Waals surface area contributed by atoms with Crippen LogP contribution < -0.4 is 5.32 Å². The summed E-state index contributed by atoms with van der Waals surface area (Å²) in [4.78, 5) is 2.26. The van der Waals surface area contributed by atoms with Crippen LogP contribution in [0.3, 0.4) is 0 Å². The lowest BCUT2D eigenvalue weighted by Gasteiger charge is -2.17. The number of hydrogen-bond donors (Lipinski definition) is 1. The summed E-state index contributed by atoms with van der Waals surface area (Å²) < 4.78 is 10.7. The van der Waals surface area contributed by atoms with Crippen molar-refractivity contribution in [1.29, 1.82) is 0 Å². The highest BCUT2D eigenvalue weighted by Crippen LogP contribution is 1.98. The lowest BCUT2D eigenvalue weighted by atomic mass is 10.4. The van der Waals surface area contributed by atoms with Crippen LogP contribution in [0.2, 0.25) is 0 Å². The second-order valence-corrected chi connectivity index (χ2v) is 4.48. The van der Waals surface area contributed by atoms with Crippen LogP contribution in [-0.2, 0) is 11.3 Å². The zero-order valence-corrected chi connectivity index (χ0v) is 11.1. The first-order chi connectivity index (χ1) is 8.18. The first-order valence-corrected chi connectivity index (χ1v) is 6.21. The molecule has 0 unspecified atom stereocenters. The van der Waals surface area contributed by atoms with E-state index in [9.17, 15) is 0 Å². The van der Waals surface area contributed by atoms with E-state index in [2.05, 4.69) is 31.1 Å². The van der Waals surface area contributed by atoms with Crippen molar-refractivity contribution in [2.24, 2.45) is 0 Å². The summed E-state index contributed by atoms with van der Waals surface area (Å²) in [5, 5.41) is 3.34. The Morgan fingerprint density at radius 2 is 2.24 bits per heavy atom. The summed E-state index contributed by atoms with van der Waals surface area (Å²) in [6.07, 6.45) is 2.02. The van der Waals surface area contributed by atoms with Crippen LogP contribution in [0.1, 0.15) is 19.6 Å². The molecule has 0 saturated heterocycles. The zero-order valence-electron chi connectivity index (χ0n) is 11.1. The van der Waals surface area contributed by atoms with Gasteiger partial charge in [-0.3, -0.25) is 0 Å². The highest BCUT2D eigenvalue weighted by Gasteiger charge is 2.00.